The fourth-order valence-corrected chi connectivity index (χ4v) is 8.51. The van der Waals surface area contributed by atoms with Gasteiger partial charge in [0.05, 0.1) is 34.2 Å². The van der Waals surface area contributed by atoms with Gasteiger partial charge in [0.1, 0.15) is 0 Å². The molecule has 0 bridgehead atoms. The van der Waals surface area contributed by atoms with Crippen LogP contribution in [0, 0.1) is 0 Å². The molecule has 0 fully saturated rings. The van der Waals surface area contributed by atoms with Crippen molar-refractivity contribution in [1.82, 2.24) is 15.0 Å². The molecular formula is C60H43N3O. The van der Waals surface area contributed by atoms with Gasteiger partial charge in [0, 0.05) is 44.5 Å². The van der Waals surface area contributed by atoms with Crippen LogP contribution in [0.3, 0.4) is 0 Å². The van der Waals surface area contributed by atoms with Crippen molar-refractivity contribution in [2.24, 2.45) is 0 Å². The SMILES string of the molecule is CCc1c(-c2ccccc2)cccc1-c1cc(C(=O)c2cc(-c3cccc(-c4ccccc4)n3)cc(-c3cccc(-c4ccccc4)n3)c2)cc(-c2cccc(-c3ccccc3)n2)c1. The summed E-state index contributed by atoms with van der Waals surface area (Å²) < 4.78 is 0. The standard InChI is InChI=1S/C60H43N3O/c1-2-51-52(41-19-7-3-8-20-41)27-15-28-53(51)45-35-46(57-32-16-29-54(61-57)42-21-9-4-10-22-42)38-49(36-45)60(64)50-39-47(58-33-17-30-55(62-58)43-23-11-5-12-24-43)37-48(40-50)59-34-18-31-56(63-59)44-25-13-6-14-26-44/h3-40H,2H2,1H3. The summed E-state index contributed by atoms with van der Waals surface area (Å²) in [7, 11) is 0. The topological polar surface area (TPSA) is 55.7 Å². The van der Waals surface area contributed by atoms with Crippen LogP contribution >= 0.6 is 0 Å². The van der Waals surface area contributed by atoms with Crippen LogP contribution in [0.15, 0.2) is 231 Å². The minimum Gasteiger partial charge on any atom is -0.289 e. The Hall–Kier alpha value is -8.34. The molecule has 0 saturated heterocycles. The molecule has 0 saturated carbocycles. The molecule has 0 amide bonds. The van der Waals surface area contributed by atoms with E-state index >= 15 is 4.79 Å². The summed E-state index contributed by atoms with van der Waals surface area (Å²) in [5.41, 5.74) is 17.1. The second-order valence-electron chi connectivity index (χ2n) is 15.8. The second-order valence-corrected chi connectivity index (χ2v) is 15.8. The molecule has 0 unspecified atom stereocenters. The van der Waals surface area contributed by atoms with E-state index in [2.05, 4.69) is 97.9 Å². The van der Waals surface area contributed by atoms with E-state index in [0.717, 1.165) is 90.7 Å². The van der Waals surface area contributed by atoms with Crippen molar-refractivity contribution < 1.29 is 4.79 Å². The van der Waals surface area contributed by atoms with E-state index < -0.39 is 0 Å². The quantitative estimate of drug-likeness (QED) is 0.122. The van der Waals surface area contributed by atoms with Gasteiger partial charge in [-0.05, 0) is 107 Å². The van der Waals surface area contributed by atoms with E-state index in [1.165, 1.54) is 11.1 Å². The zero-order valence-corrected chi connectivity index (χ0v) is 35.4. The Labute approximate surface area is 374 Å². The van der Waals surface area contributed by atoms with E-state index in [4.69, 9.17) is 15.0 Å². The Kier molecular flexibility index (Phi) is 11.2. The number of hydrogen-bond acceptors (Lipinski definition) is 4. The predicted molar refractivity (Wildman–Crippen MR) is 263 cm³/mol. The summed E-state index contributed by atoms with van der Waals surface area (Å²) in [5.74, 6) is -0.110. The van der Waals surface area contributed by atoms with E-state index in [-0.39, 0.29) is 5.78 Å². The molecule has 0 spiro atoms. The number of carbonyl (C=O) groups excluding carboxylic acids is 1. The zero-order valence-electron chi connectivity index (χ0n) is 35.4. The van der Waals surface area contributed by atoms with Crippen molar-refractivity contribution in [3.05, 3.63) is 247 Å². The van der Waals surface area contributed by atoms with Crippen LogP contribution in [0.2, 0.25) is 0 Å². The van der Waals surface area contributed by atoms with Gasteiger partial charge in [-0.15, -0.1) is 0 Å². The molecule has 4 heteroatoms. The number of rotatable bonds is 11. The average molecular weight is 822 g/mol. The molecule has 0 aliphatic heterocycles. The van der Waals surface area contributed by atoms with Crippen LogP contribution in [0.25, 0.3) is 89.8 Å². The summed E-state index contributed by atoms with van der Waals surface area (Å²) in [5, 5.41) is 0. The summed E-state index contributed by atoms with van der Waals surface area (Å²) in [6.07, 6.45) is 0.811. The molecule has 0 aliphatic carbocycles. The van der Waals surface area contributed by atoms with Crippen molar-refractivity contribution >= 4 is 5.78 Å². The van der Waals surface area contributed by atoms with E-state index in [9.17, 15) is 0 Å². The van der Waals surface area contributed by atoms with Crippen LogP contribution in [0.1, 0.15) is 28.4 Å². The second kappa shape index (κ2) is 17.9. The number of pyridine rings is 3. The highest BCUT2D eigenvalue weighted by atomic mass is 16.1. The summed E-state index contributed by atoms with van der Waals surface area (Å²) in [4.78, 5) is 30.9. The average Bonchev–Trinajstić information content (AvgIpc) is 3.39. The Morgan fingerprint density at radius 3 is 0.984 bits per heavy atom. The zero-order chi connectivity index (χ0) is 43.2. The molecule has 3 heterocycles. The first-order chi connectivity index (χ1) is 31.6. The van der Waals surface area contributed by atoms with Crippen molar-refractivity contribution in [2.75, 3.05) is 0 Å². The highest BCUT2D eigenvalue weighted by Gasteiger charge is 2.20. The molecule has 0 radical (unpaired) electrons. The Balaban J connectivity index is 1.16. The highest BCUT2D eigenvalue weighted by Crippen LogP contribution is 2.37. The maximum Gasteiger partial charge on any atom is 0.193 e. The first kappa shape index (κ1) is 39.8. The van der Waals surface area contributed by atoms with E-state index in [1.54, 1.807) is 0 Å². The number of benzene rings is 7. The first-order valence-corrected chi connectivity index (χ1v) is 21.7. The van der Waals surface area contributed by atoms with Gasteiger partial charge in [0.25, 0.3) is 0 Å². The van der Waals surface area contributed by atoms with Gasteiger partial charge >= 0.3 is 0 Å². The van der Waals surface area contributed by atoms with Crippen molar-refractivity contribution in [1.29, 1.82) is 0 Å². The maximum absolute atomic E-state index is 15.4. The number of carbonyl (C=O) groups is 1. The van der Waals surface area contributed by atoms with Gasteiger partial charge in [-0.3, -0.25) is 4.79 Å². The summed E-state index contributed by atoms with van der Waals surface area (Å²) in [6, 6.07) is 77.9. The van der Waals surface area contributed by atoms with Gasteiger partial charge in [-0.2, -0.15) is 0 Å². The smallest absolute Gasteiger partial charge is 0.193 e. The van der Waals surface area contributed by atoms with Crippen molar-refractivity contribution in [3.8, 4) is 89.8 Å². The fourth-order valence-electron chi connectivity index (χ4n) is 8.51. The minimum absolute atomic E-state index is 0.110. The van der Waals surface area contributed by atoms with Crippen LogP contribution in [-0.4, -0.2) is 20.7 Å². The lowest BCUT2D eigenvalue weighted by Crippen LogP contribution is -2.05. The predicted octanol–water partition coefficient (Wildman–Crippen LogP) is 15.0. The molecule has 64 heavy (non-hydrogen) atoms. The van der Waals surface area contributed by atoms with Gasteiger partial charge < -0.3 is 0 Å². The molecule has 304 valence electrons. The molecule has 3 aromatic heterocycles. The largest absolute Gasteiger partial charge is 0.289 e. The molecule has 4 nitrogen and oxygen atoms in total. The number of ketones is 1. The Morgan fingerprint density at radius 1 is 0.312 bits per heavy atom. The lowest BCUT2D eigenvalue weighted by atomic mass is 9.87. The van der Waals surface area contributed by atoms with Gasteiger partial charge in [0.2, 0.25) is 0 Å². The van der Waals surface area contributed by atoms with Gasteiger partial charge in [-0.1, -0.05) is 165 Å². The fraction of sp³-hybridized carbons (Fsp3) is 0.0333. The summed E-state index contributed by atoms with van der Waals surface area (Å²) >= 11 is 0. The van der Waals surface area contributed by atoms with E-state index in [0.29, 0.717) is 11.1 Å². The Morgan fingerprint density at radius 2 is 0.609 bits per heavy atom. The number of aromatic nitrogens is 3. The molecule has 10 rings (SSSR count). The monoisotopic (exact) mass is 821 g/mol. The van der Waals surface area contributed by atoms with Crippen molar-refractivity contribution in [3.63, 3.8) is 0 Å². The normalized spacial score (nSPS) is 11.0. The highest BCUT2D eigenvalue weighted by molar-refractivity contribution is 6.11. The lowest BCUT2D eigenvalue weighted by molar-refractivity contribution is 0.103. The maximum atomic E-state index is 15.4. The van der Waals surface area contributed by atoms with Crippen LogP contribution in [0.5, 0.6) is 0 Å². The molecule has 0 aliphatic rings. The van der Waals surface area contributed by atoms with Gasteiger partial charge in [0.15, 0.2) is 5.78 Å². The molecule has 0 N–H and O–H groups in total. The lowest BCUT2D eigenvalue weighted by Gasteiger charge is -2.17. The van der Waals surface area contributed by atoms with Gasteiger partial charge in [-0.25, -0.2) is 15.0 Å². The number of hydrogen-bond donors (Lipinski definition) is 0. The van der Waals surface area contributed by atoms with Crippen LogP contribution < -0.4 is 0 Å². The first-order valence-electron chi connectivity index (χ1n) is 21.7. The summed E-state index contributed by atoms with van der Waals surface area (Å²) in [6.45, 7) is 2.20. The molecule has 10 aromatic rings. The third-order valence-corrected chi connectivity index (χ3v) is 11.7. The Bertz CT molecular complexity index is 3150. The van der Waals surface area contributed by atoms with Crippen LogP contribution in [-0.2, 0) is 6.42 Å². The number of nitrogens with zero attached hydrogens (tertiary/aromatic N) is 3. The van der Waals surface area contributed by atoms with E-state index in [1.807, 2.05) is 140 Å². The third-order valence-electron chi connectivity index (χ3n) is 11.7. The molecule has 7 aromatic carbocycles. The minimum atomic E-state index is -0.110. The van der Waals surface area contributed by atoms with Crippen LogP contribution in [0.4, 0.5) is 0 Å². The van der Waals surface area contributed by atoms with Crippen molar-refractivity contribution in [2.45, 2.75) is 13.3 Å². The molecule has 0 atom stereocenters. The third kappa shape index (κ3) is 8.33. The molecular weight excluding hydrogens is 779 g/mol.